The van der Waals surface area contributed by atoms with Gasteiger partial charge in [-0.05, 0) is 38.5 Å². The van der Waals surface area contributed by atoms with Crippen molar-refractivity contribution in [2.45, 2.75) is 32.9 Å². The molecule has 2 unspecified atom stereocenters. The summed E-state index contributed by atoms with van der Waals surface area (Å²) in [6.45, 7) is 6.27. The molecule has 30 heavy (non-hydrogen) atoms. The molecule has 0 aliphatic heterocycles. The Balaban J connectivity index is 0.00000450. The maximum absolute atomic E-state index is 13.1. The average molecular weight is 550 g/mol. The lowest BCUT2D eigenvalue weighted by Crippen LogP contribution is -2.40. The molecule has 2 aromatic rings. The second kappa shape index (κ2) is 12.8. The highest BCUT2D eigenvalue weighted by Gasteiger charge is 2.20. The number of hydrogen-bond acceptors (Lipinski definition) is 6. The third kappa shape index (κ3) is 7.17. The number of ether oxygens (including phenoxy) is 2. The number of benzene rings is 1. The molecule has 0 radical (unpaired) electrons. The van der Waals surface area contributed by atoms with Crippen molar-refractivity contribution in [1.29, 1.82) is 0 Å². The van der Waals surface area contributed by atoms with Crippen molar-refractivity contribution in [3.05, 3.63) is 51.2 Å². The number of methoxy groups -OCH3 is 1. The van der Waals surface area contributed by atoms with Crippen LogP contribution in [0.15, 0.2) is 29.3 Å². The van der Waals surface area contributed by atoms with Crippen LogP contribution in [0, 0.1) is 12.7 Å². The topological polar surface area (TPSA) is 84.8 Å². The first-order valence-corrected chi connectivity index (χ1v) is 10.1. The number of esters is 1. The number of nitrogens with one attached hydrogen (secondary N) is 2. The lowest BCUT2D eigenvalue weighted by atomic mass is 10.1. The number of aromatic nitrogens is 1. The van der Waals surface area contributed by atoms with E-state index in [0.29, 0.717) is 29.7 Å². The van der Waals surface area contributed by atoms with Gasteiger partial charge in [0, 0.05) is 20.7 Å². The zero-order chi connectivity index (χ0) is 21.4. The molecule has 0 fully saturated rings. The van der Waals surface area contributed by atoms with Crippen LogP contribution in [0.4, 0.5) is 4.39 Å². The number of aryl methyl sites for hydroxylation is 1. The van der Waals surface area contributed by atoms with Crippen LogP contribution in [-0.4, -0.2) is 44.2 Å². The quantitative estimate of drug-likeness (QED) is 0.224. The Kier molecular flexibility index (Phi) is 11.2. The van der Waals surface area contributed by atoms with Crippen molar-refractivity contribution in [1.82, 2.24) is 15.6 Å². The van der Waals surface area contributed by atoms with Crippen molar-refractivity contribution in [2.24, 2.45) is 4.99 Å². The van der Waals surface area contributed by atoms with Gasteiger partial charge in [-0.3, -0.25) is 4.99 Å². The summed E-state index contributed by atoms with van der Waals surface area (Å²) in [5.74, 6) is -0.0818. The van der Waals surface area contributed by atoms with Gasteiger partial charge in [-0.25, -0.2) is 14.2 Å². The molecule has 0 bridgehead atoms. The highest BCUT2D eigenvalue weighted by Crippen LogP contribution is 2.24. The van der Waals surface area contributed by atoms with Gasteiger partial charge in [0.05, 0.1) is 24.4 Å². The molecule has 7 nitrogen and oxygen atoms in total. The second-order valence-corrected chi connectivity index (χ2v) is 7.31. The standard InChI is InChI=1S/C20H27FN4O3S.HI/c1-6-28-19(26)17-12(2)24-18(29-17)13(3)25-20(22-4)23-11-16(27-5)14-7-9-15(21)10-8-14;/h7-10,13,16H,6,11H2,1-5H3,(H2,22,23,25);1H. The molecular formula is C20H28FIN4O3S. The normalized spacial score (nSPS) is 13.2. The van der Waals surface area contributed by atoms with Crippen LogP contribution >= 0.6 is 35.3 Å². The van der Waals surface area contributed by atoms with Crippen molar-refractivity contribution >= 4 is 47.2 Å². The lowest BCUT2D eigenvalue weighted by molar-refractivity contribution is 0.0531. The van der Waals surface area contributed by atoms with Crippen LogP contribution < -0.4 is 10.6 Å². The Hall–Kier alpha value is -1.79. The van der Waals surface area contributed by atoms with E-state index >= 15 is 0 Å². The van der Waals surface area contributed by atoms with Crippen LogP contribution in [0.2, 0.25) is 0 Å². The summed E-state index contributed by atoms with van der Waals surface area (Å²) >= 11 is 1.30. The van der Waals surface area contributed by atoms with E-state index < -0.39 is 0 Å². The second-order valence-electron chi connectivity index (χ2n) is 6.28. The van der Waals surface area contributed by atoms with Gasteiger partial charge in [0.15, 0.2) is 5.96 Å². The molecule has 1 aromatic heterocycles. The molecule has 166 valence electrons. The number of rotatable bonds is 8. The molecule has 2 atom stereocenters. The fourth-order valence-electron chi connectivity index (χ4n) is 2.65. The minimum absolute atomic E-state index is 0. The Morgan fingerprint density at radius 3 is 2.57 bits per heavy atom. The van der Waals surface area contributed by atoms with Gasteiger partial charge >= 0.3 is 5.97 Å². The maximum Gasteiger partial charge on any atom is 0.350 e. The molecule has 0 spiro atoms. The van der Waals surface area contributed by atoms with Crippen molar-refractivity contribution in [3.63, 3.8) is 0 Å². The van der Waals surface area contributed by atoms with E-state index in [0.717, 1.165) is 10.6 Å². The first-order valence-electron chi connectivity index (χ1n) is 9.29. The lowest BCUT2D eigenvalue weighted by Gasteiger charge is -2.20. The summed E-state index contributed by atoms with van der Waals surface area (Å²) in [5.41, 5.74) is 1.51. The molecule has 1 aromatic carbocycles. The zero-order valence-electron chi connectivity index (χ0n) is 17.7. The summed E-state index contributed by atoms with van der Waals surface area (Å²) in [6.07, 6.45) is -0.262. The molecule has 2 N–H and O–H groups in total. The number of carbonyl (C=O) groups excluding carboxylic acids is 1. The Labute approximate surface area is 197 Å². The predicted octanol–water partition coefficient (Wildman–Crippen LogP) is 4.00. The van der Waals surface area contributed by atoms with E-state index in [2.05, 4.69) is 20.6 Å². The van der Waals surface area contributed by atoms with E-state index in [1.54, 1.807) is 40.1 Å². The summed E-state index contributed by atoms with van der Waals surface area (Å²) in [6, 6.07) is 6.03. The molecule has 2 rings (SSSR count). The molecule has 0 amide bonds. The summed E-state index contributed by atoms with van der Waals surface area (Å²) in [5, 5.41) is 7.22. The third-order valence-corrected chi connectivity index (χ3v) is 5.52. The van der Waals surface area contributed by atoms with Crippen LogP contribution in [0.25, 0.3) is 0 Å². The molecule has 0 saturated carbocycles. The Morgan fingerprint density at radius 1 is 1.33 bits per heavy atom. The summed E-state index contributed by atoms with van der Waals surface area (Å²) < 4.78 is 23.7. The average Bonchev–Trinajstić information content (AvgIpc) is 3.10. The van der Waals surface area contributed by atoms with E-state index in [9.17, 15) is 9.18 Å². The van der Waals surface area contributed by atoms with Gasteiger partial charge in [0.2, 0.25) is 0 Å². The van der Waals surface area contributed by atoms with E-state index in [1.807, 2.05) is 6.92 Å². The first kappa shape index (κ1) is 26.2. The van der Waals surface area contributed by atoms with Gasteiger partial charge in [-0.1, -0.05) is 12.1 Å². The maximum atomic E-state index is 13.1. The molecule has 1 heterocycles. The number of carbonyl (C=O) groups is 1. The number of thiazole rings is 1. The Morgan fingerprint density at radius 2 is 2.00 bits per heavy atom. The molecule has 0 aliphatic rings. The zero-order valence-corrected chi connectivity index (χ0v) is 20.8. The third-order valence-electron chi connectivity index (χ3n) is 4.20. The van der Waals surface area contributed by atoms with Crippen molar-refractivity contribution < 1.29 is 18.7 Å². The van der Waals surface area contributed by atoms with Gasteiger partial charge in [-0.2, -0.15) is 0 Å². The fraction of sp³-hybridized carbons (Fsp3) is 0.450. The van der Waals surface area contributed by atoms with Crippen LogP contribution in [-0.2, 0) is 9.47 Å². The minimum atomic E-state index is -0.356. The van der Waals surface area contributed by atoms with Gasteiger partial charge in [-0.15, -0.1) is 35.3 Å². The van der Waals surface area contributed by atoms with Crippen molar-refractivity contribution in [2.75, 3.05) is 27.3 Å². The number of halogens is 2. The van der Waals surface area contributed by atoms with E-state index in [4.69, 9.17) is 9.47 Å². The molecule has 10 heteroatoms. The van der Waals surface area contributed by atoms with Gasteiger partial charge in [0.25, 0.3) is 0 Å². The number of hydrogen-bond donors (Lipinski definition) is 2. The number of aliphatic imine (C=N–C) groups is 1. The molecule has 0 saturated heterocycles. The number of nitrogens with zero attached hydrogens (tertiary/aromatic N) is 2. The fourth-order valence-corrected chi connectivity index (χ4v) is 3.62. The van der Waals surface area contributed by atoms with Gasteiger partial charge in [0.1, 0.15) is 15.7 Å². The monoisotopic (exact) mass is 550 g/mol. The van der Waals surface area contributed by atoms with Crippen LogP contribution in [0.3, 0.4) is 0 Å². The highest BCUT2D eigenvalue weighted by atomic mass is 127. The minimum Gasteiger partial charge on any atom is -0.462 e. The van der Waals surface area contributed by atoms with Gasteiger partial charge < -0.3 is 20.1 Å². The van der Waals surface area contributed by atoms with Crippen molar-refractivity contribution in [3.8, 4) is 0 Å². The van der Waals surface area contributed by atoms with Crippen LogP contribution in [0.1, 0.15) is 51.9 Å². The molecular weight excluding hydrogens is 522 g/mol. The largest absolute Gasteiger partial charge is 0.462 e. The van der Waals surface area contributed by atoms with E-state index in [-0.39, 0.29) is 47.9 Å². The number of guanidine groups is 1. The Bertz CT molecular complexity index is 845. The SMILES string of the molecule is CCOC(=O)c1sc(C(C)NC(=NC)NCC(OC)c2ccc(F)cc2)nc1C.I. The highest BCUT2D eigenvalue weighted by molar-refractivity contribution is 14.0. The first-order chi connectivity index (χ1) is 13.9. The summed E-state index contributed by atoms with van der Waals surface area (Å²) in [4.78, 5) is 21.2. The smallest absolute Gasteiger partial charge is 0.350 e. The van der Waals surface area contributed by atoms with E-state index in [1.165, 1.54) is 23.5 Å². The summed E-state index contributed by atoms with van der Waals surface area (Å²) in [7, 11) is 3.27. The van der Waals surface area contributed by atoms with Crippen LogP contribution in [0.5, 0.6) is 0 Å². The predicted molar refractivity (Wildman–Crippen MR) is 127 cm³/mol. The molecule has 0 aliphatic carbocycles.